The summed E-state index contributed by atoms with van der Waals surface area (Å²) in [4.78, 5) is 29.3. The first-order valence-corrected chi connectivity index (χ1v) is 10.8. The van der Waals surface area contributed by atoms with Crippen LogP contribution in [0.3, 0.4) is 0 Å². The molecule has 1 aliphatic rings. The molecular formula is C23H31FN4O3. The van der Waals surface area contributed by atoms with E-state index >= 15 is 0 Å². The maximum atomic E-state index is 13.5. The predicted octanol–water partition coefficient (Wildman–Crippen LogP) is 3.02. The zero-order chi connectivity index (χ0) is 22.2. The Kier molecular flexibility index (Phi) is 8.06. The van der Waals surface area contributed by atoms with Crippen molar-refractivity contribution in [2.45, 2.75) is 32.4 Å². The van der Waals surface area contributed by atoms with Gasteiger partial charge in [-0.1, -0.05) is 25.5 Å². The molecule has 1 aromatic carbocycles. The lowest BCUT2D eigenvalue weighted by Gasteiger charge is -2.38. The predicted molar refractivity (Wildman–Crippen MR) is 116 cm³/mol. The van der Waals surface area contributed by atoms with Gasteiger partial charge in [0.1, 0.15) is 12.4 Å². The van der Waals surface area contributed by atoms with Gasteiger partial charge < -0.3 is 24.4 Å². The average molecular weight is 431 g/mol. The molecule has 31 heavy (non-hydrogen) atoms. The van der Waals surface area contributed by atoms with Crippen LogP contribution in [-0.2, 0) is 16.1 Å². The number of fused-ring (bicyclic) bond motifs is 1. The Morgan fingerprint density at radius 3 is 2.71 bits per heavy atom. The van der Waals surface area contributed by atoms with Crippen molar-refractivity contribution in [3.05, 3.63) is 59.7 Å². The number of halogens is 1. The minimum Gasteiger partial charge on any atom is -0.383 e. The van der Waals surface area contributed by atoms with E-state index in [1.807, 2.05) is 18.3 Å². The summed E-state index contributed by atoms with van der Waals surface area (Å²) in [6, 6.07) is 9.57. The third kappa shape index (κ3) is 5.64. The maximum Gasteiger partial charge on any atom is 0.317 e. The topological polar surface area (TPSA) is 66.8 Å². The highest BCUT2D eigenvalue weighted by Gasteiger charge is 2.33. The number of ether oxygens (including phenoxy) is 1. The molecular weight excluding hydrogens is 399 g/mol. The summed E-state index contributed by atoms with van der Waals surface area (Å²) in [5, 5.41) is 2.88. The number of methoxy groups -OCH3 is 1. The Balaban J connectivity index is 1.79. The number of nitrogens with zero attached hydrogens (tertiary/aromatic N) is 3. The lowest BCUT2D eigenvalue weighted by atomic mass is 9.99. The van der Waals surface area contributed by atoms with Gasteiger partial charge in [0.15, 0.2) is 0 Å². The molecule has 0 saturated heterocycles. The second kappa shape index (κ2) is 10.9. The van der Waals surface area contributed by atoms with E-state index in [0.29, 0.717) is 32.8 Å². The Bertz CT molecular complexity index is 868. The molecule has 1 N–H and O–H groups in total. The highest BCUT2D eigenvalue weighted by atomic mass is 19.1. The summed E-state index contributed by atoms with van der Waals surface area (Å²) in [6.07, 6.45) is 3.84. The van der Waals surface area contributed by atoms with Gasteiger partial charge in [0.25, 0.3) is 0 Å². The first kappa shape index (κ1) is 22.8. The number of aromatic nitrogens is 1. The van der Waals surface area contributed by atoms with E-state index in [4.69, 9.17) is 4.74 Å². The van der Waals surface area contributed by atoms with Gasteiger partial charge in [-0.3, -0.25) is 4.79 Å². The monoisotopic (exact) mass is 430 g/mol. The van der Waals surface area contributed by atoms with Crippen LogP contribution in [0.25, 0.3) is 0 Å². The molecule has 1 aliphatic heterocycles. The number of amides is 3. The van der Waals surface area contributed by atoms with Crippen molar-refractivity contribution in [3.8, 4) is 0 Å². The summed E-state index contributed by atoms with van der Waals surface area (Å²) in [6.45, 7) is 4.44. The smallest absolute Gasteiger partial charge is 0.317 e. The summed E-state index contributed by atoms with van der Waals surface area (Å²) >= 11 is 0. The van der Waals surface area contributed by atoms with Crippen LogP contribution in [0.15, 0.2) is 42.6 Å². The van der Waals surface area contributed by atoms with Crippen LogP contribution in [0.5, 0.6) is 0 Å². The molecule has 168 valence electrons. The quantitative estimate of drug-likeness (QED) is 0.622. The number of rotatable bonds is 9. The molecule has 2 aromatic rings. The third-order valence-corrected chi connectivity index (χ3v) is 5.53. The zero-order valence-corrected chi connectivity index (χ0v) is 18.2. The number of unbranched alkanes of at least 4 members (excludes halogenated alkanes) is 1. The minimum absolute atomic E-state index is 0.0419. The van der Waals surface area contributed by atoms with E-state index in [0.717, 1.165) is 24.1 Å². The molecule has 0 aliphatic carbocycles. The van der Waals surface area contributed by atoms with Crippen molar-refractivity contribution < 1.29 is 18.7 Å². The van der Waals surface area contributed by atoms with Gasteiger partial charge in [0, 0.05) is 45.2 Å². The Labute approximate surface area is 182 Å². The fraction of sp³-hybridized carbons (Fsp3) is 0.478. The van der Waals surface area contributed by atoms with Gasteiger partial charge >= 0.3 is 6.03 Å². The first-order chi connectivity index (χ1) is 15.0. The van der Waals surface area contributed by atoms with Gasteiger partial charge in [-0.15, -0.1) is 0 Å². The minimum atomic E-state index is -0.329. The van der Waals surface area contributed by atoms with E-state index in [1.165, 1.54) is 17.0 Å². The Morgan fingerprint density at radius 2 is 2.00 bits per heavy atom. The summed E-state index contributed by atoms with van der Waals surface area (Å²) in [5.74, 6) is -0.467. The van der Waals surface area contributed by atoms with Crippen LogP contribution in [-0.4, -0.2) is 66.2 Å². The van der Waals surface area contributed by atoms with Gasteiger partial charge in [-0.05, 0) is 36.2 Å². The zero-order valence-electron chi connectivity index (χ0n) is 18.2. The van der Waals surface area contributed by atoms with E-state index in [9.17, 15) is 14.0 Å². The van der Waals surface area contributed by atoms with Gasteiger partial charge in [-0.2, -0.15) is 0 Å². The van der Waals surface area contributed by atoms with E-state index in [-0.39, 0.29) is 30.3 Å². The fourth-order valence-corrected chi connectivity index (χ4v) is 3.84. The summed E-state index contributed by atoms with van der Waals surface area (Å²) in [7, 11) is 1.57. The van der Waals surface area contributed by atoms with E-state index in [2.05, 4.69) is 16.8 Å². The largest absolute Gasteiger partial charge is 0.383 e. The summed E-state index contributed by atoms with van der Waals surface area (Å²) in [5.41, 5.74) is 1.81. The molecule has 1 aromatic heterocycles. The molecule has 1 unspecified atom stereocenters. The molecule has 0 bridgehead atoms. The first-order valence-electron chi connectivity index (χ1n) is 10.8. The third-order valence-electron chi connectivity index (χ3n) is 5.53. The molecule has 1 atom stereocenters. The highest BCUT2D eigenvalue weighted by Crippen LogP contribution is 2.32. The maximum absolute atomic E-state index is 13.5. The fourth-order valence-electron chi connectivity index (χ4n) is 3.84. The van der Waals surface area contributed by atoms with Crippen molar-refractivity contribution in [1.29, 1.82) is 0 Å². The number of hydrogen-bond donors (Lipinski definition) is 1. The number of benzene rings is 1. The molecule has 0 fully saturated rings. The second-order valence-electron chi connectivity index (χ2n) is 7.67. The second-order valence-corrected chi connectivity index (χ2v) is 7.67. The van der Waals surface area contributed by atoms with Crippen LogP contribution in [0.4, 0.5) is 9.18 Å². The van der Waals surface area contributed by atoms with Crippen LogP contribution >= 0.6 is 0 Å². The molecule has 0 spiro atoms. The number of nitrogens with one attached hydrogen (secondary N) is 1. The van der Waals surface area contributed by atoms with Gasteiger partial charge in [0.2, 0.25) is 5.91 Å². The van der Waals surface area contributed by atoms with Crippen LogP contribution in [0.1, 0.15) is 37.1 Å². The van der Waals surface area contributed by atoms with Crippen molar-refractivity contribution in [2.24, 2.45) is 0 Å². The molecule has 3 rings (SSSR count). The number of carbonyl (C=O) groups excluding carboxylic acids is 2. The molecule has 8 heteroatoms. The summed E-state index contributed by atoms with van der Waals surface area (Å²) < 4.78 is 20.7. The van der Waals surface area contributed by atoms with Gasteiger partial charge in [0.05, 0.1) is 12.6 Å². The van der Waals surface area contributed by atoms with Crippen molar-refractivity contribution in [1.82, 2.24) is 19.7 Å². The van der Waals surface area contributed by atoms with E-state index in [1.54, 1.807) is 24.1 Å². The van der Waals surface area contributed by atoms with Crippen LogP contribution in [0.2, 0.25) is 0 Å². The highest BCUT2D eigenvalue weighted by molar-refractivity contribution is 5.84. The molecule has 7 nitrogen and oxygen atoms in total. The lowest BCUT2D eigenvalue weighted by molar-refractivity contribution is -0.134. The SMILES string of the molecule is CCCCNC(=O)N(CCOC)CC(=O)N1CCn2cccc2C1c1ccc(F)cc1. The van der Waals surface area contributed by atoms with Crippen molar-refractivity contribution >= 4 is 11.9 Å². The van der Waals surface area contributed by atoms with Crippen LogP contribution < -0.4 is 5.32 Å². The number of hydrogen-bond acceptors (Lipinski definition) is 3. The molecule has 0 radical (unpaired) electrons. The molecule has 3 amide bonds. The van der Waals surface area contributed by atoms with E-state index < -0.39 is 0 Å². The number of carbonyl (C=O) groups is 2. The van der Waals surface area contributed by atoms with Crippen LogP contribution in [0, 0.1) is 5.82 Å². The standard InChI is InChI=1S/C23H31FN4O3/c1-3-4-11-25-23(30)27(15-16-31-2)17-21(29)28-14-13-26-12-5-6-20(26)22(28)18-7-9-19(24)10-8-18/h5-10,12,22H,3-4,11,13-17H2,1-2H3,(H,25,30). The lowest BCUT2D eigenvalue weighted by Crippen LogP contribution is -2.50. The van der Waals surface area contributed by atoms with Gasteiger partial charge in [-0.25, -0.2) is 9.18 Å². The average Bonchev–Trinajstić information content (AvgIpc) is 3.25. The van der Waals surface area contributed by atoms with Crippen molar-refractivity contribution in [3.63, 3.8) is 0 Å². The molecule has 2 heterocycles. The Morgan fingerprint density at radius 1 is 1.23 bits per heavy atom. The Hall–Kier alpha value is -2.87. The normalized spacial score (nSPS) is 15.5. The number of urea groups is 1. The van der Waals surface area contributed by atoms with Crippen molar-refractivity contribution in [2.75, 3.05) is 39.9 Å². The molecule has 0 saturated carbocycles.